The fraction of sp³-hybridized carbons (Fsp3) is 0.389. The lowest BCUT2D eigenvalue weighted by atomic mass is 10.2. The minimum atomic E-state index is 0.467. The maximum absolute atomic E-state index is 6.17. The topological polar surface area (TPSA) is 28.5 Å². The third-order valence-corrected chi connectivity index (χ3v) is 6.16. The molecular formula is C18H23ClN3S2+. The molecule has 1 aliphatic rings. The van der Waals surface area contributed by atoms with Crippen molar-refractivity contribution < 1.29 is 4.90 Å². The van der Waals surface area contributed by atoms with E-state index in [0.29, 0.717) is 11.2 Å². The SMILES string of the molecule is Cc1ccc(NC(=S)NC[C@H](c2cccs2)[NH+]2CCCC2)cc1Cl. The number of benzene rings is 1. The van der Waals surface area contributed by atoms with Gasteiger partial charge < -0.3 is 15.5 Å². The van der Waals surface area contributed by atoms with Gasteiger partial charge in [-0.1, -0.05) is 23.7 Å². The van der Waals surface area contributed by atoms with Crippen LogP contribution in [-0.2, 0) is 0 Å². The first kappa shape index (κ1) is 17.7. The molecule has 0 unspecified atom stereocenters. The summed E-state index contributed by atoms with van der Waals surface area (Å²) in [6.07, 6.45) is 2.64. The molecule has 0 amide bonds. The van der Waals surface area contributed by atoms with Gasteiger partial charge in [0.2, 0.25) is 0 Å². The summed E-state index contributed by atoms with van der Waals surface area (Å²) in [5.74, 6) is 0. The number of rotatable bonds is 5. The second-order valence-corrected chi connectivity index (χ2v) is 8.03. The van der Waals surface area contributed by atoms with E-state index >= 15 is 0 Å². The van der Waals surface area contributed by atoms with E-state index in [2.05, 4.69) is 28.1 Å². The molecule has 1 aliphatic heterocycles. The number of hydrogen-bond acceptors (Lipinski definition) is 2. The molecule has 0 saturated carbocycles. The molecule has 0 aliphatic carbocycles. The molecule has 1 atom stereocenters. The van der Waals surface area contributed by atoms with Crippen molar-refractivity contribution in [3.05, 3.63) is 51.2 Å². The van der Waals surface area contributed by atoms with Gasteiger partial charge in [0.05, 0.1) is 24.5 Å². The Morgan fingerprint density at radius 1 is 1.33 bits per heavy atom. The van der Waals surface area contributed by atoms with Crippen LogP contribution in [0.5, 0.6) is 0 Å². The summed E-state index contributed by atoms with van der Waals surface area (Å²) in [5.41, 5.74) is 1.99. The molecule has 0 spiro atoms. The molecule has 1 fully saturated rings. The predicted molar refractivity (Wildman–Crippen MR) is 107 cm³/mol. The van der Waals surface area contributed by atoms with Gasteiger partial charge in [0, 0.05) is 23.6 Å². The Morgan fingerprint density at radius 2 is 2.12 bits per heavy atom. The molecule has 3 N–H and O–H groups in total. The molecule has 2 heterocycles. The summed E-state index contributed by atoms with van der Waals surface area (Å²) in [6, 6.07) is 10.7. The standard InChI is InChI=1S/C18H22ClN3S2/c1-13-6-7-14(11-15(13)19)21-18(23)20-12-16(17-5-4-10-24-17)22-8-2-3-9-22/h4-7,10-11,16H,2-3,8-9,12H2,1H3,(H2,20,21,23)/p+1/t16-/m1/s1. The van der Waals surface area contributed by atoms with E-state index in [4.69, 9.17) is 23.8 Å². The maximum atomic E-state index is 6.17. The molecule has 3 nitrogen and oxygen atoms in total. The number of quaternary nitrogens is 1. The number of hydrogen-bond donors (Lipinski definition) is 3. The number of thiocarbonyl (C=S) groups is 1. The van der Waals surface area contributed by atoms with Crippen LogP contribution in [0.25, 0.3) is 0 Å². The molecule has 1 aromatic heterocycles. The Kier molecular flexibility index (Phi) is 6.11. The summed E-state index contributed by atoms with van der Waals surface area (Å²) in [7, 11) is 0. The molecule has 0 radical (unpaired) electrons. The molecule has 1 saturated heterocycles. The first-order chi connectivity index (χ1) is 11.6. The monoisotopic (exact) mass is 380 g/mol. The highest BCUT2D eigenvalue weighted by Gasteiger charge is 2.28. The molecule has 6 heteroatoms. The van der Waals surface area contributed by atoms with Crippen LogP contribution in [0, 0.1) is 6.92 Å². The van der Waals surface area contributed by atoms with E-state index in [1.807, 2.05) is 36.5 Å². The average molecular weight is 381 g/mol. The van der Waals surface area contributed by atoms with Gasteiger partial charge in [0.15, 0.2) is 5.11 Å². The normalized spacial score (nSPS) is 16.1. The molecule has 24 heavy (non-hydrogen) atoms. The van der Waals surface area contributed by atoms with Crippen LogP contribution in [0.3, 0.4) is 0 Å². The lowest BCUT2D eigenvalue weighted by Crippen LogP contribution is -3.11. The quantitative estimate of drug-likeness (QED) is 0.694. The zero-order valence-corrected chi connectivity index (χ0v) is 16.2. The number of thiophene rings is 1. The van der Waals surface area contributed by atoms with E-state index < -0.39 is 0 Å². The van der Waals surface area contributed by atoms with Crippen molar-refractivity contribution in [2.24, 2.45) is 0 Å². The molecule has 0 bridgehead atoms. The zero-order chi connectivity index (χ0) is 16.9. The van der Waals surface area contributed by atoms with Gasteiger partial charge in [-0.2, -0.15) is 0 Å². The van der Waals surface area contributed by atoms with Gasteiger partial charge in [0.25, 0.3) is 0 Å². The average Bonchev–Trinajstić information content (AvgIpc) is 3.25. The molecule has 128 valence electrons. The Hall–Kier alpha value is -1.14. The Bertz CT molecular complexity index is 682. The third-order valence-electron chi connectivity index (χ3n) is 4.52. The van der Waals surface area contributed by atoms with E-state index in [1.54, 1.807) is 4.90 Å². The second-order valence-electron chi connectivity index (χ2n) is 6.23. The van der Waals surface area contributed by atoms with Gasteiger partial charge >= 0.3 is 0 Å². The number of halogens is 1. The number of anilines is 1. The largest absolute Gasteiger partial charge is 0.356 e. The van der Waals surface area contributed by atoms with Crippen LogP contribution in [0.1, 0.15) is 29.3 Å². The van der Waals surface area contributed by atoms with E-state index in [0.717, 1.165) is 22.8 Å². The smallest absolute Gasteiger partial charge is 0.171 e. The lowest BCUT2D eigenvalue weighted by molar-refractivity contribution is -0.918. The molecule has 2 aromatic rings. The highest BCUT2D eigenvalue weighted by Crippen LogP contribution is 2.20. The van der Waals surface area contributed by atoms with E-state index in [-0.39, 0.29) is 0 Å². The molecule has 1 aromatic carbocycles. The van der Waals surface area contributed by atoms with Crippen LogP contribution < -0.4 is 15.5 Å². The number of nitrogens with one attached hydrogen (secondary N) is 3. The third kappa shape index (κ3) is 4.48. The van der Waals surface area contributed by atoms with Crippen LogP contribution in [-0.4, -0.2) is 24.7 Å². The molecule has 3 rings (SSSR count). The number of aryl methyl sites for hydroxylation is 1. The maximum Gasteiger partial charge on any atom is 0.171 e. The van der Waals surface area contributed by atoms with E-state index in [1.165, 1.54) is 30.8 Å². The Labute approximate surface area is 158 Å². The van der Waals surface area contributed by atoms with Crippen LogP contribution in [0.2, 0.25) is 5.02 Å². The van der Waals surface area contributed by atoms with Gasteiger partial charge in [-0.25, -0.2) is 0 Å². The van der Waals surface area contributed by atoms with Crippen molar-refractivity contribution in [1.29, 1.82) is 0 Å². The van der Waals surface area contributed by atoms with Crippen LogP contribution >= 0.6 is 35.2 Å². The minimum absolute atomic E-state index is 0.467. The van der Waals surface area contributed by atoms with Crippen molar-refractivity contribution in [2.75, 3.05) is 25.0 Å². The van der Waals surface area contributed by atoms with Crippen LogP contribution in [0.4, 0.5) is 5.69 Å². The van der Waals surface area contributed by atoms with Gasteiger partial charge in [-0.15, -0.1) is 11.3 Å². The summed E-state index contributed by atoms with van der Waals surface area (Å²) in [6.45, 7) is 5.34. The second kappa shape index (κ2) is 8.30. The zero-order valence-electron chi connectivity index (χ0n) is 13.8. The summed E-state index contributed by atoms with van der Waals surface area (Å²) in [5, 5.41) is 10.2. The highest BCUT2D eigenvalue weighted by atomic mass is 35.5. The minimum Gasteiger partial charge on any atom is -0.356 e. The van der Waals surface area contributed by atoms with Crippen LogP contribution in [0.15, 0.2) is 35.7 Å². The van der Waals surface area contributed by atoms with Gasteiger partial charge in [-0.05, 0) is 48.3 Å². The molecular weight excluding hydrogens is 358 g/mol. The first-order valence-electron chi connectivity index (χ1n) is 8.32. The van der Waals surface area contributed by atoms with Crippen molar-refractivity contribution in [3.63, 3.8) is 0 Å². The fourth-order valence-corrected chi connectivity index (χ4v) is 4.42. The van der Waals surface area contributed by atoms with Gasteiger partial charge in [0.1, 0.15) is 6.04 Å². The van der Waals surface area contributed by atoms with Crippen molar-refractivity contribution in [2.45, 2.75) is 25.8 Å². The first-order valence-corrected chi connectivity index (χ1v) is 9.99. The number of likely N-dealkylation sites (tertiary alicyclic amines) is 1. The Balaban J connectivity index is 1.59. The van der Waals surface area contributed by atoms with Crippen molar-refractivity contribution in [1.82, 2.24) is 5.32 Å². The van der Waals surface area contributed by atoms with Gasteiger partial charge in [-0.3, -0.25) is 0 Å². The summed E-state index contributed by atoms with van der Waals surface area (Å²) in [4.78, 5) is 3.09. The van der Waals surface area contributed by atoms with Crippen molar-refractivity contribution in [3.8, 4) is 0 Å². The summed E-state index contributed by atoms with van der Waals surface area (Å²) >= 11 is 13.5. The Morgan fingerprint density at radius 3 is 2.79 bits per heavy atom. The predicted octanol–water partition coefficient (Wildman–Crippen LogP) is 3.42. The highest BCUT2D eigenvalue weighted by molar-refractivity contribution is 7.80. The van der Waals surface area contributed by atoms with Crippen molar-refractivity contribution >= 4 is 46.0 Å². The van der Waals surface area contributed by atoms with E-state index in [9.17, 15) is 0 Å². The summed E-state index contributed by atoms with van der Waals surface area (Å²) < 4.78 is 0. The fourth-order valence-electron chi connectivity index (χ4n) is 3.15. The lowest BCUT2D eigenvalue weighted by Gasteiger charge is -2.24.